The van der Waals surface area contributed by atoms with Crippen LogP contribution < -0.4 is 10.6 Å². The molecule has 1 aromatic heterocycles. The zero-order valence-corrected chi connectivity index (χ0v) is 12.3. The van der Waals surface area contributed by atoms with Crippen molar-refractivity contribution in [3.8, 4) is 0 Å². The van der Waals surface area contributed by atoms with Crippen molar-refractivity contribution in [1.29, 1.82) is 0 Å². The Labute approximate surface area is 120 Å². The summed E-state index contributed by atoms with van der Waals surface area (Å²) in [6, 6.07) is 7.30. The van der Waals surface area contributed by atoms with Gasteiger partial charge in [0.05, 0.1) is 23.0 Å². The Morgan fingerprint density at radius 1 is 1.37 bits per heavy atom. The van der Waals surface area contributed by atoms with Gasteiger partial charge in [-0.05, 0) is 46.6 Å². The summed E-state index contributed by atoms with van der Waals surface area (Å²) in [5.41, 5.74) is 6.87. The number of halogens is 2. The van der Waals surface area contributed by atoms with Gasteiger partial charge in [0.1, 0.15) is 5.76 Å². The first-order chi connectivity index (χ1) is 9.17. The molecule has 19 heavy (non-hydrogen) atoms. The van der Waals surface area contributed by atoms with E-state index in [1.54, 1.807) is 12.3 Å². The first-order valence-corrected chi connectivity index (χ1v) is 6.91. The summed E-state index contributed by atoms with van der Waals surface area (Å²) in [6.45, 7) is 3.51. The number of benzene rings is 1. The highest BCUT2D eigenvalue weighted by Crippen LogP contribution is 2.30. The van der Waals surface area contributed by atoms with Crippen LogP contribution in [0.5, 0.6) is 0 Å². The quantitative estimate of drug-likeness (QED) is 0.911. The Hall–Kier alpha value is -1.33. The van der Waals surface area contributed by atoms with E-state index in [4.69, 9.17) is 10.2 Å². The first-order valence-electron chi connectivity index (χ1n) is 6.11. The average Bonchev–Trinajstić information content (AvgIpc) is 2.92. The van der Waals surface area contributed by atoms with E-state index in [1.165, 1.54) is 0 Å². The predicted octanol–water partition coefficient (Wildman–Crippen LogP) is 3.67. The van der Waals surface area contributed by atoms with E-state index in [1.807, 2.05) is 30.0 Å². The molecule has 0 atom stereocenters. The molecular formula is C14H16BrFN2O. The van der Waals surface area contributed by atoms with Gasteiger partial charge in [-0.2, -0.15) is 0 Å². The van der Waals surface area contributed by atoms with Crippen molar-refractivity contribution in [2.45, 2.75) is 20.0 Å². The Kier molecular flexibility index (Phi) is 4.61. The molecule has 1 aromatic carbocycles. The summed E-state index contributed by atoms with van der Waals surface area (Å²) < 4.78 is 20.1. The van der Waals surface area contributed by atoms with Gasteiger partial charge >= 0.3 is 0 Å². The lowest BCUT2D eigenvalue weighted by molar-refractivity contribution is 0.501. The van der Waals surface area contributed by atoms with E-state index in [2.05, 4.69) is 15.9 Å². The van der Waals surface area contributed by atoms with Crippen molar-refractivity contribution in [2.24, 2.45) is 5.73 Å². The monoisotopic (exact) mass is 326 g/mol. The molecule has 0 aliphatic rings. The highest BCUT2D eigenvalue weighted by molar-refractivity contribution is 9.10. The topological polar surface area (TPSA) is 42.4 Å². The van der Waals surface area contributed by atoms with Crippen molar-refractivity contribution in [3.05, 3.63) is 52.1 Å². The number of furan rings is 1. The molecule has 102 valence electrons. The Bertz CT molecular complexity index is 543. The molecule has 0 radical (unpaired) electrons. The van der Waals surface area contributed by atoms with Gasteiger partial charge in [0, 0.05) is 13.1 Å². The molecule has 2 aromatic rings. The molecular weight excluding hydrogens is 311 g/mol. The fourth-order valence-electron chi connectivity index (χ4n) is 1.94. The number of hydrogen-bond donors (Lipinski definition) is 1. The van der Waals surface area contributed by atoms with E-state index < -0.39 is 0 Å². The molecule has 5 heteroatoms. The predicted molar refractivity (Wildman–Crippen MR) is 77.4 cm³/mol. The van der Waals surface area contributed by atoms with Gasteiger partial charge in [0.2, 0.25) is 0 Å². The van der Waals surface area contributed by atoms with E-state index in [9.17, 15) is 4.39 Å². The molecule has 1 heterocycles. The molecule has 0 amide bonds. The number of nitrogens with two attached hydrogens (primary N) is 1. The molecule has 0 saturated carbocycles. The molecule has 0 unspecified atom stereocenters. The molecule has 0 bridgehead atoms. The van der Waals surface area contributed by atoms with Gasteiger partial charge in [0.25, 0.3) is 0 Å². The summed E-state index contributed by atoms with van der Waals surface area (Å²) in [4.78, 5) is 1.92. The zero-order valence-electron chi connectivity index (χ0n) is 10.7. The van der Waals surface area contributed by atoms with Crippen LogP contribution in [0.3, 0.4) is 0 Å². The largest absolute Gasteiger partial charge is 0.467 e. The minimum Gasteiger partial charge on any atom is -0.467 e. The van der Waals surface area contributed by atoms with Crippen molar-refractivity contribution in [1.82, 2.24) is 0 Å². The molecule has 0 aliphatic carbocycles. The maximum absolute atomic E-state index is 14.3. The third-order valence-corrected chi connectivity index (χ3v) is 3.87. The molecule has 2 N–H and O–H groups in total. The van der Waals surface area contributed by atoms with Crippen LogP contribution >= 0.6 is 15.9 Å². The normalized spacial score (nSPS) is 10.7. The van der Waals surface area contributed by atoms with Gasteiger partial charge in [-0.3, -0.25) is 0 Å². The van der Waals surface area contributed by atoms with Crippen LogP contribution in [0.1, 0.15) is 18.2 Å². The summed E-state index contributed by atoms with van der Waals surface area (Å²) in [5, 5.41) is 0. The van der Waals surface area contributed by atoms with Crippen LogP contribution in [-0.2, 0) is 13.1 Å². The molecule has 0 saturated heterocycles. The average molecular weight is 327 g/mol. The third-order valence-electron chi connectivity index (χ3n) is 3.01. The Balaban J connectivity index is 2.30. The standard InChI is InChI=1S/C14H16BrFN2O/c1-2-18(9-11-4-3-7-19-11)12-6-5-10(8-17)13(15)14(12)16/h3-7H,2,8-9,17H2,1H3. The number of hydrogen-bond acceptors (Lipinski definition) is 3. The third kappa shape index (κ3) is 2.98. The van der Waals surface area contributed by atoms with Crippen molar-refractivity contribution < 1.29 is 8.81 Å². The van der Waals surface area contributed by atoms with Crippen molar-refractivity contribution >= 4 is 21.6 Å². The number of rotatable bonds is 5. The summed E-state index contributed by atoms with van der Waals surface area (Å²) in [6.07, 6.45) is 1.62. The summed E-state index contributed by atoms with van der Waals surface area (Å²) in [5.74, 6) is 0.525. The minimum atomic E-state index is -0.281. The summed E-state index contributed by atoms with van der Waals surface area (Å²) >= 11 is 3.26. The van der Waals surface area contributed by atoms with Gasteiger partial charge in [0.15, 0.2) is 5.82 Å². The minimum absolute atomic E-state index is 0.281. The number of nitrogens with zero attached hydrogens (tertiary/aromatic N) is 1. The maximum Gasteiger partial charge on any atom is 0.160 e. The van der Waals surface area contributed by atoms with Crippen LogP contribution in [-0.4, -0.2) is 6.54 Å². The molecule has 0 aliphatic heterocycles. The van der Waals surface area contributed by atoms with Crippen molar-refractivity contribution in [2.75, 3.05) is 11.4 Å². The van der Waals surface area contributed by atoms with E-state index in [0.717, 1.165) is 11.3 Å². The van der Waals surface area contributed by atoms with Crippen LogP contribution in [0.15, 0.2) is 39.4 Å². The van der Waals surface area contributed by atoms with Gasteiger partial charge in [-0.1, -0.05) is 6.07 Å². The van der Waals surface area contributed by atoms with Crippen molar-refractivity contribution in [3.63, 3.8) is 0 Å². The smallest absolute Gasteiger partial charge is 0.160 e. The number of anilines is 1. The molecule has 3 nitrogen and oxygen atoms in total. The van der Waals surface area contributed by atoms with Crippen LogP contribution in [0, 0.1) is 5.82 Å². The Morgan fingerprint density at radius 2 is 2.16 bits per heavy atom. The highest BCUT2D eigenvalue weighted by Gasteiger charge is 2.16. The molecule has 0 fully saturated rings. The second kappa shape index (κ2) is 6.21. The SMILES string of the molecule is CCN(Cc1ccco1)c1ccc(CN)c(Br)c1F. The fourth-order valence-corrected chi connectivity index (χ4v) is 2.44. The zero-order chi connectivity index (χ0) is 13.8. The first kappa shape index (κ1) is 14.1. The highest BCUT2D eigenvalue weighted by atomic mass is 79.9. The van der Waals surface area contributed by atoms with Crippen LogP contribution in [0.4, 0.5) is 10.1 Å². The lowest BCUT2D eigenvalue weighted by atomic mass is 10.1. The fraction of sp³-hybridized carbons (Fsp3) is 0.286. The van der Waals surface area contributed by atoms with E-state index in [-0.39, 0.29) is 5.82 Å². The lowest BCUT2D eigenvalue weighted by Crippen LogP contribution is -2.23. The second-order valence-corrected chi connectivity index (χ2v) is 4.96. The maximum atomic E-state index is 14.3. The van der Waals surface area contributed by atoms with E-state index in [0.29, 0.717) is 29.8 Å². The van der Waals surface area contributed by atoms with E-state index >= 15 is 0 Å². The van der Waals surface area contributed by atoms with Crippen LogP contribution in [0.25, 0.3) is 0 Å². The second-order valence-electron chi connectivity index (χ2n) is 4.17. The lowest BCUT2D eigenvalue weighted by Gasteiger charge is -2.23. The molecule has 0 spiro atoms. The van der Waals surface area contributed by atoms with Gasteiger partial charge < -0.3 is 15.1 Å². The summed E-state index contributed by atoms with van der Waals surface area (Å²) in [7, 11) is 0. The molecule has 2 rings (SSSR count). The Morgan fingerprint density at radius 3 is 2.74 bits per heavy atom. The van der Waals surface area contributed by atoms with Gasteiger partial charge in [-0.25, -0.2) is 4.39 Å². The van der Waals surface area contributed by atoms with Crippen LogP contribution in [0.2, 0.25) is 0 Å². The van der Waals surface area contributed by atoms with Gasteiger partial charge in [-0.15, -0.1) is 0 Å².